The number of halogens is 2. The first-order chi connectivity index (χ1) is 10.1. The number of hydrogen-bond acceptors (Lipinski definition) is 2. The lowest BCUT2D eigenvalue weighted by Gasteiger charge is -2.08. The first-order valence-electron chi connectivity index (χ1n) is 6.25. The number of rotatable bonds is 2. The Kier molecular flexibility index (Phi) is 3.54. The molecule has 0 unspecified atom stereocenters. The summed E-state index contributed by atoms with van der Waals surface area (Å²) in [5, 5.41) is 3.86. The summed E-state index contributed by atoms with van der Waals surface area (Å²) in [7, 11) is 0. The van der Waals surface area contributed by atoms with Gasteiger partial charge in [-0.2, -0.15) is 0 Å². The molecule has 0 fully saturated rings. The predicted molar refractivity (Wildman–Crippen MR) is 81.1 cm³/mol. The van der Waals surface area contributed by atoms with Crippen molar-refractivity contribution in [1.29, 1.82) is 0 Å². The van der Waals surface area contributed by atoms with Gasteiger partial charge in [0.25, 0.3) is 5.91 Å². The van der Waals surface area contributed by atoms with Crippen LogP contribution in [-0.2, 0) is 0 Å². The average Bonchev–Trinajstić information content (AvgIpc) is 2.50. The van der Waals surface area contributed by atoms with E-state index in [1.165, 1.54) is 18.2 Å². The predicted octanol–water partition coefficient (Wildman–Crippen LogP) is 4.28. The highest BCUT2D eigenvalue weighted by atomic mass is 35.5. The van der Waals surface area contributed by atoms with E-state index in [-0.39, 0.29) is 5.56 Å². The monoisotopic (exact) mass is 300 g/mol. The van der Waals surface area contributed by atoms with Crippen molar-refractivity contribution in [2.75, 3.05) is 5.32 Å². The number of aromatic nitrogens is 1. The van der Waals surface area contributed by atoms with Crippen LogP contribution in [0.1, 0.15) is 10.4 Å². The molecule has 0 saturated carbocycles. The Morgan fingerprint density at radius 1 is 1.14 bits per heavy atom. The minimum atomic E-state index is -0.620. The summed E-state index contributed by atoms with van der Waals surface area (Å²) >= 11 is 5.80. The van der Waals surface area contributed by atoms with Crippen molar-refractivity contribution in [3.63, 3.8) is 0 Å². The second kappa shape index (κ2) is 5.50. The van der Waals surface area contributed by atoms with Gasteiger partial charge in [-0.1, -0.05) is 29.8 Å². The molecule has 0 saturated heterocycles. The molecule has 1 aromatic heterocycles. The van der Waals surface area contributed by atoms with E-state index in [1.807, 2.05) is 18.2 Å². The van der Waals surface area contributed by atoms with Crippen molar-refractivity contribution in [2.45, 2.75) is 0 Å². The van der Waals surface area contributed by atoms with E-state index >= 15 is 0 Å². The standard InChI is InChI=1S/C16H10ClFN2O/c17-11-6-7-13(18)12(9-11)16(21)20-14-5-1-3-10-4-2-8-19-15(10)14/h1-9H,(H,20,21). The van der Waals surface area contributed by atoms with E-state index in [9.17, 15) is 9.18 Å². The topological polar surface area (TPSA) is 42.0 Å². The number of fused-ring (bicyclic) bond motifs is 1. The quantitative estimate of drug-likeness (QED) is 0.767. The molecule has 0 aliphatic carbocycles. The zero-order chi connectivity index (χ0) is 14.8. The van der Waals surface area contributed by atoms with E-state index in [0.29, 0.717) is 16.2 Å². The molecule has 104 valence electrons. The molecule has 0 atom stereocenters. The maximum absolute atomic E-state index is 13.7. The normalized spacial score (nSPS) is 10.6. The summed E-state index contributed by atoms with van der Waals surface area (Å²) in [5.74, 6) is -1.18. The highest BCUT2D eigenvalue weighted by molar-refractivity contribution is 6.31. The molecule has 3 aromatic rings. The molecule has 3 nitrogen and oxygen atoms in total. The lowest BCUT2D eigenvalue weighted by Crippen LogP contribution is -2.14. The summed E-state index contributed by atoms with van der Waals surface area (Å²) in [5.41, 5.74) is 1.07. The van der Waals surface area contributed by atoms with Gasteiger partial charge in [-0.25, -0.2) is 4.39 Å². The number of amides is 1. The van der Waals surface area contributed by atoms with E-state index in [4.69, 9.17) is 11.6 Å². The van der Waals surface area contributed by atoms with E-state index < -0.39 is 11.7 Å². The van der Waals surface area contributed by atoms with Crippen LogP contribution < -0.4 is 5.32 Å². The lowest BCUT2D eigenvalue weighted by molar-refractivity contribution is 0.102. The van der Waals surface area contributed by atoms with Gasteiger partial charge in [-0.05, 0) is 30.3 Å². The van der Waals surface area contributed by atoms with Gasteiger partial charge >= 0.3 is 0 Å². The number of nitrogens with zero attached hydrogens (tertiary/aromatic N) is 1. The van der Waals surface area contributed by atoms with Crippen LogP contribution in [0.15, 0.2) is 54.7 Å². The molecule has 0 spiro atoms. The Bertz CT molecular complexity index is 830. The highest BCUT2D eigenvalue weighted by Crippen LogP contribution is 2.22. The summed E-state index contributed by atoms with van der Waals surface area (Å²) < 4.78 is 13.7. The molecular formula is C16H10ClFN2O. The van der Waals surface area contributed by atoms with E-state index in [2.05, 4.69) is 10.3 Å². The van der Waals surface area contributed by atoms with Crippen molar-refractivity contribution in [2.24, 2.45) is 0 Å². The molecule has 0 bridgehead atoms. The molecule has 5 heteroatoms. The maximum atomic E-state index is 13.7. The maximum Gasteiger partial charge on any atom is 0.258 e. The van der Waals surface area contributed by atoms with Crippen LogP contribution in [0.2, 0.25) is 5.02 Å². The van der Waals surface area contributed by atoms with Gasteiger partial charge in [0.05, 0.1) is 16.8 Å². The van der Waals surface area contributed by atoms with Gasteiger partial charge in [-0.15, -0.1) is 0 Å². The summed E-state index contributed by atoms with van der Waals surface area (Å²) in [6, 6.07) is 13.0. The van der Waals surface area contributed by atoms with Gasteiger partial charge in [-0.3, -0.25) is 9.78 Å². The number of carbonyl (C=O) groups excluding carboxylic acids is 1. The number of benzene rings is 2. The lowest BCUT2D eigenvalue weighted by atomic mass is 10.1. The SMILES string of the molecule is O=C(Nc1cccc2cccnc12)c1cc(Cl)ccc1F. The first-order valence-corrected chi connectivity index (χ1v) is 6.63. The molecule has 0 aliphatic rings. The van der Waals surface area contributed by atoms with Crippen LogP contribution in [0.4, 0.5) is 10.1 Å². The van der Waals surface area contributed by atoms with Crippen LogP contribution in [0.3, 0.4) is 0 Å². The summed E-state index contributed by atoms with van der Waals surface area (Å²) in [6.45, 7) is 0. The van der Waals surface area contributed by atoms with Crippen LogP contribution in [0.5, 0.6) is 0 Å². The Morgan fingerprint density at radius 2 is 1.95 bits per heavy atom. The van der Waals surface area contributed by atoms with Crippen LogP contribution in [0, 0.1) is 5.82 Å². The molecular weight excluding hydrogens is 291 g/mol. The van der Waals surface area contributed by atoms with Crippen molar-refractivity contribution >= 4 is 34.1 Å². The number of carbonyl (C=O) groups is 1. The summed E-state index contributed by atoms with van der Waals surface area (Å²) in [6.07, 6.45) is 1.64. The van der Waals surface area contributed by atoms with Gasteiger partial charge in [0.15, 0.2) is 0 Å². The molecule has 0 aliphatic heterocycles. The molecule has 1 N–H and O–H groups in total. The number of anilines is 1. The average molecular weight is 301 g/mol. The molecule has 0 radical (unpaired) electrons. The zero-order valence-electron chi connectivity index (χ0n) is 10.8. The number of pyridine rings is 1. The van der Waals surface area contributed by atoms with Crippen molar-refractivity contribution in [3.8, 4) is 0 Å². The number of para-hydroxylation sites is 1. The van der Waals surface area contributed by atoms with Gasteiger partial charge in [0.1, 0.15) is 5.82 Å². The molecule has 3 rings (SSSR count). The van der Waals surface area contributed by atoms with Gasteiger partial charge in [0, 0.05) is 16.6 Å². The molecule has 2 aromatic carbocycles. The molecule has 1 heterocycles. The van der Waals surface area contributed by atoms with Gasteiger partial charge < -0.3 is 5.32 Å². The fourth-order valence-electron chi connectivity index (χ4n) is 2.07. The van der Waals surface area contributed by atoms with Gasteiger partial charge in [0.2, 0.25) is 0 Å². The number of hydrogen-bond donors (Lipinski definition) is 1. The first kappa shape index (κ1) is 13.5. The zero-order valence-corrected chi connectivity index (χ0v) is 11.6. The van der Waals surface area contributed by atoms with E-state index in [0.717, 1.165) is 5.39 Å². The van der Waals surface area contributed by atoms with Crippen LogP contribution in [0.25, 0.3) is 10.9 Å². The Hall–Kier alpha value is -2.46. The second-order valence-corrected chi connectivity index (χ2v) is 4.90. The minimum absolute atomic E-state index is 0.101. The van der Waals surface area contributed by atoms with Crippen molar-refractivity contribution in [3.05, 3.63) is 71.1 Å². The smallest absolute Gasteiger partial charge is 0.258 e. The largest absolute Gasteiger partial charge is 0.320 e. The third-order valence-electron chi connectivity index (χ3n) is 3.05. The van der Waals surface area contributed by atoms with Crippen LogP contribution >= 0.6 is 11.6 Å². The third kappa shape index (κ3) is 2.71. The molecule has 21 heavy (non-hydrogen) atoms. The minimum Gasteiger partial charge on any atom is -0.320 e. The Balaban J connectivity index is 1.99. The fourth-order valence-corrected chi connectivity index (χ4v) is 2.24. The fraction of sp³-hybridized carbons (Fsp3) is 0. The van der Waals surface area contributed by atoms with E-state index in [1.54, 1.807) is 18.3 Å². The van der Waals surface area contributed by atoms with Crippen molar-refractivity contribution in [1.82, 2.24) is 4.98 Å². The Morgan fingerprint density at radius 3 is 2.81 bits per heavy atom. The third-order valence-corrected chi connectivity index (χ3v) is 3.29. The summed E-state index contributed by atoms with van der Waals surface area (Å²) in [4.78, 5) is 16.4. The van der Waals surface area contributed by atoms with Crippen LogP contribution in [-0.4, -0.2) is 10.9 Å². The highest BCUT2D eigenvalue weighted by Gasteiger charge is 2.14. The second-order valence-electron chi connectivity index (χ2n) is 4.46. The molecule has 1 amide bonds. The number of nitrogens with one attached hydrogen (secondary N) is 1. The van der Waals surface area contributed by atoms with Crippen molar-refractivity contribution < 1.29 is 9.18 Å². The Labute approximate surface area is 125 Å².